The van der Waals surface area contributed by atoms with Crippen LogP contribution in [0.5, 0.6) is 0 Å². The first-order chi connectivity index (χ1) is 5.46. The fourth-order valence-corrected chi connectivity index (χ4v) is 1.31. The smallest absolute Gasteiger partial charge is 0.282 e. The SMILES string of the molecule is O=C=C1N=CC(F)=C1S(=O)(=O)O. The van der Waals surface area contributed by atoms with E-state index in [1.54, 1.807) is 0 Å². The van der Waals surface area contributed by atoms with Gasteiger partial charge in [0.05, 0.1) is 6.21 Å². The molecule has 1 heterocycles. The molecule has 5 nitrogen and oxygen atoms in total. The summed E-state index contributed by atoms with van der Waals surface area (Å²) in [7, 11) is -4.73. The van der Waals surface area contributed by atoms with Crippen LogP contribution in [-0.4, -0.2) is 25.1 Å². The van der Waals surface area contributed by atoms with Crippen molar-refractivity contribution in [1.82, 2.24) is 0 Å². The second-order valence-electron chi connectivity index (χ2n) is 1.86. The number of allylic oxidation sites excluding steroid dienone is 1. The van der Waals surface area contributed by atoms with Crippen LogP contribution in [0.3, 0.4) is 0 Å². The van der Waals surface area contributed by atoms with Gasteiger partial charge in [-0.2, -0.15) is 8.42 Å². The minimum atomic E-state index is -4.73. The fourth-order valence-electron chi connectivity index (χ4n) is 0.670. The first kappa shape index (κ1) is 8.79. The molecule has 7 heteroatoms. The normalized spacial score (nSPS) is 17.0. The Morgan fingerprint density at radius 1 is 1.58 bits per heavy atom. The van der Waals surface area contributed by atoms with Crippen LogP contribution < -0.4 is 0 Å². The molecular weight excluding hydrogens is 189 g/mol. The zero-order valence-electron chi connectivity index (χ0n) is 5.48. The van der Waals surface area contributed by atoms with Crippen molar-refractivity contribution in [2.75, 3.05) is 0 Å². The van der Waals surface area contributed by atoms with Crippen LogP contribution in [0.15, 0.2) is 21.4 Å². The molecule has 12 heavy (non-hydrogen) atoms. The number of rotatable bonds is 1. The summed E-state index contributed by atoms with van der Waals surface area (Å²) in [6, 6.07) is 0. The minimum Gasteiger partial charge on any atom is -0.282 e. The molecular formula is C5H2FNO4S. The number of hydrogen-bond donors (Lipinski definition) is 1. The van der Waals surface area contributed by atoms with Crippen LogP contribution in [-0.2, 0) is 14.9 Å². The van der Waals surface area contributed by atoms with Crippen LogP contribution in [0.4, 0.5) is 4.39 Å². The summed E-state index contributed by atoms with van der Waals surface area (Å²) in [6.07, 6.45) is 0.517. The monoisotopic (exact) mass is 191 g/mol. The van der Waals surface area contributed by atoms with E-state index in [4.69, 9.17) is 4.55 Å². The van der Waals surface area contributed by atoms with Gasteiger partial charge >= 0.3 is 0 Å². The van der Waals surface area contributed by atoms with Gasteiger partial charge in [0.15, 0.2) is 22.4 Å². The van der Waals surface area contributed by atoms with Gasteiger partial charge in [-0.25, -0.2) is 14.2 Å². The Kier molecular flexibility index (Phi) is 1.93. The van der Waals surface area contributed by atoms with Gasteiger partial charge in [-0.15, -0.1) is 0 Å². The Morgan fingerprint density at radius 3 is 2.50 bits per heavy atom. The van der Waals surface area contributed by atoms with Crippen molar-refractivity contribution in [3.05, 3.63) is 16.4 Å². The lowest BCUT2D eigenvalue weighted by Gasteiger charge is -1.93. The lowest BCUT2D eigenvalue weighted by Crippen LogP contribution is -2.03. The molecule has 1 aliphatic rings. The predicted molar refractivity (Wildman–Crippen MR) is 37.4 cm³/mol. The Morgan fingerprint density at radius 2 is 2.17 bits per heavy atom. The molecule has 0 amide bonds. The van der Waals surface area contributed by atoms with Gasteiger partial charge in [-0.1, -0.05) is 0 Å². The quantitative estimate of drug-likeness (QED) is 0.461. The number of nitrogens with zero attached hydrogens (tertiary/aromatic N) is 1. The highest BCUT2D eigenvalue weighted by Gasteiger charge is 2.28. The Hall–Kier alpha value is -1.30. The van der Waals surface area contributed by atoms with Crippen molar-refractivity contribution in [3.63, 3.8) is 0 Å². The molecule has 1 N–H and O–H groups in total. The summed E-state index contributed by atoms with van der Waals surface area (Å²) >= 11 is 0. The van der Waals surface area contributed by atoms with Crippen LogP contribution in [0, 0.1) is 0 Å². The third-order valence-electron chi connectivity index (χ3n) is 1.09. The fraction of sp³-hybridized carbons (Fsp3) is 0. The standard InChI is InChI=1S/C5H2FNO4S/c6-3-1-7-4(2-8)5(3)12(9,10)11/h1H,(H,9,10,11). The molecule has 64 valence electrons. The van der Waals surface area contributed by atoms with Crippen molar-refractivity contribution in [2.24, 2.45) is 4.99 Å². The van der Waals surface area contributed by atoms with Crippen molar-refractivity contribution in [3.8, 4) is 0 Å². The Labute approximate surface area is 66.7 Å². The van der Waals surface area contributed by atoms with E-state index in [2.05, 4.69) is 4.99 Å². The number of halogens is 1. The van der Waals surface area contributed by atoms with Crippen LogP contribution in [0.2, 0.25) is 0 Å². The minimum absolute atomic E-state index is 0.517. The van der Waals surface area contributed by atoms with E-state index in [-0.39, 0.29) is 0 Å². The summed E-state index contributed by atoms with van der Waals surface area (Å²) in [6.45, 7) is 0. The summed E-state index contributed by atoms with van der Waals surface area (Å²) in [5.41, 5.74) is -0.755. The molecule has 1 rings (SSSR count). The molecule has 0 aliphatic carbocycles. The van der Waals surface area contributed by atoms with Gasteiger partial charge in [-0.3, -0.25) is 4.55 Å². The van der Waals surface area contributed by atoms with E-state index in [0.29, 0.717) is 6.21 Å². The second kappa shape index (κ2) is 2.63. The molecule has 0 atom stereocenters. The lowest BCUT2D eigenvalue weighted by atomic mass is 10.4. The highest BCUT2D eigenvalue weighted by atomic mass is 32.2. The highest BCUT2D eigenvalue weighted by molar-refractivity contribution is 7.90. The third-order valence-corrected chi connectivity index (χ3v) is 2.00. The van der Waals surface area contributed by atoms with Crippen molar-refractivity contribution in [2.45, 2.75) is 0 Å². The maximum Gasteiger partial charge on any atom is 0.300 e. The molecule has 0 bridgehead atoms. The molecule has 0 saturated carbocycles. The summed E-state index contributed by atoms with van der Waals surface area (Å²) in [5, 5.41) is 0. The van der Waals surface area contributed by atoms with Crippen molar-refractivity contribution in [1.29, 1.82) is 0 Å². The molecule has 0 unspecified atom stereocenters. The zero-order valence-corrected chi connectivity index (χ0v) is 6.30. The van der Waals surface area contributed by atoms with Gasteiger partial charge in [0.25, 0.3) is 10.1 Å². The molecule has 0 saturated heterocycles. The van der Waals surface area contributed by atoms with E-state index in [1.165, 1.54) is 0 Å². The van der Waals surface area contributed by atoms with Gasteiger partial charge in [0.2, 0.25) is 0 Å². The molecule has 0 spiro atoms. The summed E-state index contributed by atoms with van der Waals surface area (Å²) < 4.78 is 41.7. The van der Waals surface area contributed by atoms with Crippen molar-refractivity contribution >= 4 is 22.3 Å². The maximum atomic E-state index is 12.5. The molecule has 0 fully saturated rings. The first-order valence-corrected chi connectivity index (χ1v) is 4.07. The molecule has 1 aliphatic heterocycles. The maximum absolute atomic E-state index is 12.5. The summed E-state index contributed by atoms with van der Waals surface area (Å²) in [5.74, 6) is -0.185. The largest absolute Gasteiger partial charge is 0.300 e. The van der Waals surface area contributed by atoms with E-state index in [0.717, 1.165) is 5.94 Å². The van der Waals surface area contributed by atoms with Crippen LogP contribution >= 0.6 is 0 Å². The topological polar surface area (TPSA) is 83.8 Å². The Bertz CT molecular complexity index is 426. The second-order valence-corrected chi connectivity index (χ2v) is 3.22. The molecule has 0 aromatic carbocycles. The lowest BCUT2D eigenvalue weighted by molar-refractivity contribution is 0.490. The van der Waals surface area contributed by atoms with Gasteiger partial charge in [-0.05, 0) is 0 Å². The van der Waals surface area contributed by atoms with Gasteiger partial charge < -0.3 is 0 Å². The first-order valence-electron chi connectivity index (χ1n) is 2.63. The summed E-state index contributed by atoms with van der Waals surface area (Å²) in [4.78, 5) is 11.9. The van der Waals surface area contributed by atoms with Gasteiger partial charge in [0, 0.05) is 0 Å². The van der Waals surface area contributed by atoms with E-state index >= 15 is 0 Å². The Balaban J connectivity index is 3.43. The van der Waals surface area contributed by atoms with Crippen molar-refractivity contribution < 1.29 is 22.2 Å². The average molecular weight is 191 g/mol. The molecule has 0 radical (unpaired) electrons. The van der Waals surface area contributed by atoms with E-state index < -0.39 is 26.5 Å². The van der Waals surface area contributed by atoms with Crippen LogP contribution in [0.25, 0.3) is 0 Å². The number of hydrogen-bond acceptors (Lipinski definition) is 4. The molecule has 0 aromatic heterocycles. The average Bonchev–Trinajstić information content (AvgIpc) is 2.29. The third kappa shape index (κ3) is 1.33. The number of aliphatic imine (C=N–C) groups is 1. The van der Waals surface area contributed by atoms with E-state index in [9.17, 15) is 17.6 Å². The van der Waals surface area contributed by atoms with Crippen LogP contribution in [0.1, 0.15) is 0 Å². The number of carbonyl (C=O) groups excluding carboxylic acids is 1. The van der Waals surface area contributed by atoms with E-state index in [1.807, 2.05) is 0 Å². The highest BCUT2D eigenvalue weighted by Crippen LogP contribution is 2.24. The zero-order chi connectivity index (χ0) is 9.35. The van der Waals surface area contributed by atoms with Gasteiger partial charge in [0.1, 0.15) is 0 Å². The predicted octanol–water partition coefficient (Wildman–Crippen LogP) is -0.145. The molecule has 0 aromatic rings.